The lowest BCUT2D eigenvalue weighted by Gasteiger charge is -2.50. The third-order valence-corrected chi connectivity index (χ3v) is 5.47. The van der Waals surface area contributed by atoms with E-state index in [0.717, 1.165) is 0 Å². The highest BCUT2D eigenvalue weighted by molar-refractivity contribution is 5.87. The third-order valence-electron chi connectivity index (χ3n) is 5.47. The number of hydrogen-bond acceptors (Lipinski definition) is 10. The van der Waals surface area contributed by atoms with Crippen LogP contribution in [0.1, 0.15) is 26.3 Å². The first-order chi connectivity index (χ1) is 17.0. The molecule has 3 rings (SSSR count). The number of ether oxygens (including phenoxy) is 7. The molecule has 0 bridgehead atoms. The molecule has 2 aliphatic rings. The van der Waals surface area contributed by atoms with Gasteiger partial charge in [-0.1, -0.05) is 6.07 Å². The normalized spacial score (nSPS) is 27.1. The van der Waals surface area contributed by atoms with E-state index in [4.69, 9.17) is 28.4 Å². The molecular weight excluding hydrogens is 478 g/mol. The van der Waals surface area contributed by atoms with Crippen molar-refractivity contribution in [3.05, 3.63) is 29.8 Å². The number of carboxylic acids is 1. The maximum absolute atomic E-state index is 12.1. The van der Waals surface area contributed by atoms with Gasteiger partial charge in [0.05, 0.1) is 20.8 Å². The number of hydrogen-bond donors (Lipinski definition) is 2. The minimum absolute atomic E-state index is 0.131. The summed E-state index contributed by atoms with van der Waals surface area (Å²) in [5.74, 6) is -2.45. The first-order valence-electron chi connectivity index (χ1n) is 11.2. The number of aliphatic carboxylic acids is 1. The van der Waals surface area contributed by atoms with E-state index in [0.29, 0.717) is 11.3 Å². The van der Waals surface area contributed by atoms with Crippen LogP contribution in [0.25, 0.3) is 6.08 Å². The lowest BCUT2D eigenvalue weighted by molar-refractivity contribution is -0.364. The molecule has 0 radical (unpaired) electrons. The second-order valence-electron chi connectivity index (χ2n) is 8.62. The maximum Gasteiger partial charge on any atom is 0.330 e. The van der Waals surface area contributed by atoms with Crippen LogP contribution in [0.3, 0.4) is 0 Å². The first-order valence-corrected chi connectivity index (χ1v) is 11.2. The standard InChI is InChI=1S/C24H31NO11/c1-13(26)25-20-22(32-12-18(27)28)21-17(11-33-24(2,3)36-21)35-23(20)34-15-8-6-14(10-16(15)30-4)7-9-19(29)31-5/h6-10,17,20-23H,11-12H2,1-5H3,(H,25,26)(H,27,28). The highest BCUT2D eigenvalue weighted by atomic mass is 16.8. The largest absolute Gasteiger partial charge is 0.493 e. The van der Waals surface area contributed by atoms with Gasteiger partial charge in [0.1, 0.15) is 31.0 Å². The summed E-state index contributed by atoms with van der Waals surface area (Å²) in [6.45, 7) is 4.26. The van der Waals surface area contributed by atoms with E-state index in [1.54, 1.807) is 38.1 Å². The number of esters is 1. The molecule has 12 nitrogen and oxygen atoms in total. The van der Waals surface area contributed by atoms with Crippen molar-refractivity contribution in [2.75, 3.05) is 27.4 Å². The zero-order valence-corrected chi connectivity index (χ0v) is 20.7. The van der Waals surface area contributed by atoms with Crippen molar-refractivity contribution in [3.63, 3.8) is 0 Å². The van der Waals surface area contributed by atoms with Crippen molar-refractivity contribution in [2.45, 2.75) is 57.2 Å². The van der Waals surface area contributed by atoms with E-state index in [2.05, 4.69) is 10.1 Å². The van der Waals surface area contributed by atoms with Crippen LogP contribution >= 0.6 is 0 Å². The average molecular weight is 510 g/mol. The van der Waals surface area contributed by atoms with Crippen LogP contribution in [0.4, 0.5) is 0 Å². The molecule has 2 fully saturated rings. The monoisotopic (exact) mass is 509 g/mol. The van der Waals surface area contributed by atoms with Gasteiger partial charge >= 0.3 is 11.9 Å². The third kappa shape index (κ3) is 6.94. The number of benzene rings is 1. The van der Waals surface area contributed by atoms with Crippen LogP contribution in [0.15, 0.2) is 24.3 Å². The van der Waals surface area contributed by atoms with Gasteiger partial charge in [-0.15, -0.1) is 0 Å². The van der Waals surface area contributed by atoms with Gasteiger partial charge in [0.2, 0.25) is 12.2 Å². The van der Waals surface area contributed by atoms with E-state index in [9.17, 15) is 19.5 Å². The summed E-state index contributed by atoms with van der Waals surface area (Å²) in [4.78, 5) is 34.7. The SMILES string of the molecule is COC(=O)C=Cc1ccc(OC2OC3COC(C)(C)OC3C(OCC(=O)O)C2NC(C)=O)c(OC)c1. The molecule has 1 amide bonds. The van der Waals surface area contributed by atoms with Gasteiger partial charge in [-0.3, -0.25) is 4.79 Å². The highest BCUT2D eigenvalue weighted by Crippen LogP contribution is 2.37. The molecule has 0 saturated carbocycles. The summed E-state index contributed by atoms with van der Waals surface area (Å²) in [6, 6.07) is 4.01. The number of carbonyl (C=O) groups excluding carboxylic acids is 2. The summed E-state index contributed by atoms with van der Waals surface area (Å²) >= 11 is 0. The molecule has 1 aromatic carbocycles. The van der Waals surface area contributed by atoms with Crippen molar-refractivity contribution < 1.29 is 52.6 Å². The Bertz CT molecular complexity index is 992. The van der Waals surface area contributed by atoms with E-state index in [1.807, 2.05) is 0 Å². The zero-order valence-electron chi connectivity index (χ0n) is 20.7. The number of methoxy groups -OCH3 is 2. The predicted molar refractivity (Wildman–Crippen MR) is 123 cm³/mol. The minimum Gasteiger partial charge on any atom is -0.493 e. The quantitative estimate of drug-likeness (QED) is 0.364. The van der Waals surface area contributed by atoms with Crippen molar-refractivity contribution >= 4 is 23.9 Å². The van der Waals surface area contributed by atoms with Crippen LogP contribution in [0.5, 0.6) is 11.5 Å². The molecule has 12 heteroatoms. The topological polar surface area (TPSA) is 148 Å². The second-order valence-corrected chi connectivity index (χ2v) is 8.62. The molecule has 2 saturated heterocycles. The number of carboxylic acid groups (broad SMARTS) is 1. The Labute approximate surface area is 208 Å². The van der Waals surface area contributed by atoms with E-state index < -0.39 is 60.9 Å². The lowest BCUT2D eigenvalue weighted by atomic mass is 9.95. The van der Waals surface area contributed by atoms with Gasteiger partial charge in [0.15, 0.2) is 17.3 Å². The van der Waals surface area contributed by atoms with Gasteiger partial charge in [-0.25, -0.2) is 9.59 Å². The van der Waals surface area contributed by atoms with Crippen LogP contribution in [-0.4, -0.2) is 86.8 Å². The molecule has 198 valence electrons. The number of carbonyl (C=O) groups is 3. The van der Waals surface area contributed by atoms with Gasteiger partial charge in [-0.2, -0.15) is 0 Å². The molecule has 36 heavy (non-hydrogen) atoms. The minimum atomic E-state index is -1.18. The summed E-state index contributed by atoms with van der Waals surface area (Å²) in [5.41, 5.74) is 0.645. The Morgan fingerprint density at radius 3 is 2.61 bits per heavy atom. The Balaban J connectivity index is 1.91. The Morgan fingerprint density at radius 1 is 1.22 bits per heavy atom. The smallest absolute Gasteiger partial charge is 0.330 e. The van der Waals surface area contributed by atoms with Crippen molar-refractivity contribution in [2.24, 2.45) is 0 Å². The number of fused-ring (bicyclic) bond motifs is 1. The molecule has 2 aliphatic heterocycles. The van der Waals surface area contributed by atoms with Crippen molar-refractivity contribution in [3.8, 4) is 11.5 Å². The lowest BCUT2D eigenvalue weighted by Crippen LogP contribution is -2.69. The molecule has 5 unspecified atom stereocenters. The molecule has 1 aromatic rings. The molecule has 0 spiro atoms. The highest BCUT2D eigenvalue weighted by Gasteiger charge is 2.53. The predicted octanol–water partition coefficient (Wildman–Crippen LogP) is 1.11. The second kappa shape index (κ2) is 11.7. The van der Waals surface area contributed by atoms with Crippen molar-refractivity contribution in [1.82, 2.24) is 5.32 Å². The summed E-state index contributed by atoms with van der Waals surface area (Å²) in [5, 5.41) is 12.0. The van der Waals surface area contributed by atoms with Crippen LogP contribution in [-0.2, 0) is 38.1 Å². The van der Waals surface area contributed by atoms with E-state index >= 15 is 0 Å². The summed E-state index contributed by atoms with van der Waals surface area (Å²) in [6.07, 6.45) is -0.620. The fourth-order valence-corrected chi connectivity index (χ4v) is 3.92. The van der Waals surface area contributed by atoms with Gasteiger partial charge in [-0.05, 0) is 37.6 Å². The average Bonchev–Trinajstić information content (AvgIpc) is 2.82. The Morgan fingerprint density at radius 2 is 1.97 bits per heavy atom. The number of rotatable bonds is 9. The fourth-order valence-electron chi connectivity index (χ4n) is 3.92. The molecule has 0 aliphatic carbocycles. The van der Waals surface area contributed by atoms with E-state index in [1.165, 1.54) is 27.2 Å². The number of nitrogens with one attached hydrogen (secondary N) is 1. The fraction of sp³-hybridized carbons (Fsp3) is 0.542. The van der Waals surface area contributed by atoms with Crippen molar-refractivity contribution in [1.29, 1.82) is 0 Å². The van der Waals surface area contributed by atoms with Gasteiger partial charge in [0, 0.05) is 13.0 Å². The summed E-state index contributed by atoms with van der Waals surface area (Å²) in [7, 11) is 2.73. The van der Waals surface area contributed by atoms with E-state index in [-0.39, 0.29) is 12.4 Å². The first kappa shape index (κ1) is 27.4. The summed E-state index contributed by atoms with van der Waals surface area (Å²) < 4.78 is 39.7. The Hall–Kier alpha value is -3.19. The Kier molecular flexibility index (Phi) is 8.90. The molecule has 5 atom stereocenters. The van der Waals surface area contributed by atoms with Crippen LogP contribution in [0.2, 0.25) is 0 Å². The zero-order chi connectivity index (χ0) is 26.5. The maximum atomic E-state index is 12.1. The molecule has 2 heterocycles. The number of amides is 1. The molecule has 0 aromatic heterocycles. The van der Waals surface area contributed by atoms with Gasteiger partial charge < -0.3 is 43.6 Å². The van der Waals surface area contributed by atoms with Crippen LogP contribution in [0, 0.1) is 0 Å². The molecular formula is C24H31NO11. The van der Waals surface area contributed by atoms with Gasteiger partial charge in [0.25, 0.3) is 0 Å². The molecule has 2 N–H and O–H groups in total. The van der Waals surface area contributed by atoms with Crippen LogP contribution < -0.4 is 14.8 Å².